The number of para-hydroxylation sites is 2. The van der Waals surface area contributed by atoms with Crippen LogP contribution in [0.25, 0.3) is 21.3 Å². The second-order valence-corrected chi connectivity index (χ2v) is 6.00. The van der Waals surface area contributed by atoms with Crippen LogP contribution in [-0.4, -0.2) is 22.1 Å². The number of nitrogens with zero attached hydrogens (tertiary/aromatic N) is 2. The van der Waals surface area contributed by atoms with E-state index in [0.717, 1.165) is 43.6 Å². The molecule has 110 valence electrons. The number of H-pyrrole nitrogens is 1. The second-order valence-electron chi connectivity index (χ2n) is 4.97. The highest BCUT2D eigenvalue weighted by Crippen LogP contribution is 2.34. The van der Waals surface area contributed by atoms with Gasteiger partial charge < -0.3 is 15.0 Å². The average Bonchev–Trinajstić information content (AvgIpc) is 3.09. The number of aromatic amines is 1. The quantitative estimate of drug-likeness (QED) is 0.594. The largest absolute Gasteiger partial charge is 0.495 e. The molecule has 0 aliphatic rings. The van der Waals surface area contributed by atoms with Crippen molar-refractivity contribution < 1.29 is 4.74 Å². The SMILES string of the molecule is COc1ccccc1Nc1nc2c(ccc3nc(C)[nH]c32)s1. The van der Waals surface area contributed by atoms with E-state index in [1.807, 2.05) is 37.3 Å². The molecule has 2 heterocycles. The number of aromatic nitrogens is 3. The molecule has 0 bridgehead atoms. The zero-order valence-corrected chi connectivity index (χ0v) is 13.0. The minimum absolute atomic E-state index is 0.796. The molecule has 4 rings (SSSR count). The Kier molecular flexibility index (Phi) is 2.97. The Morgan fingerprint density at radius 1 is 1.14 bits per heavy atom. The number of ether oxygens (including phenoxy) is 1. The van der Waals surface area contributed by atoms with Crippen molar-refractivity contribution in [3.8, 4) is 5.75 Å². The number of anilines is 2. The summed E-state index contributed by atoms with van der Waals surface area (Å²) < 4.78 is 6.48. The average molecular weight is 310 g/mol. The van der Waals surface area contributed by atoms with E-state index in [0.29, 0.717) is 0 Å². The van der Waals surface area contributed by atoms with Crippen LogP contribution in [0.2, 0.25) is 0 Å². The van der Waals surface area contributed by atoms with Gasteiger partial charge in [-0.3, -0.25) is 0 Å². The van der Waals surface area contributed by atoms with Gasteiger partial charge in [0.05, 0.1) is 28.5 Å². The standard InChI is InChI=1S/C16H14N4OS/c1-9-17-11-7-8-13-15(14(11)18-9)20-16(22-13)19-10-5-3-4-6-12(10)21-2/h3-8H,1-2H3,(H,17,18)(H,19,20). The monoisotopic (exact) mass is 310 g/mol. The number of nitrogens with one attached hydrogen (secondary N) is 2. The van der Waals surface area contributed by atoms with Crippen LogP contribution >= 0.6 is 11.3 Å². The lowest BCUT2D eigenvalue weighted by molar-refractivity contribution is 0.417. The number of hydrogen-bond acceptors (Lipinski definition) is 5. The summed E-state index contributed by atoms with van der Waals surface area (Å²) in [4.78, 5) is 12.4. The first-order chi connectivity index (χ1) is 10.7. The Morgan fingerprint density at radius 3 is 2.86 bits per heavy atom. The highest BCUT2D eigenvalue weighted by atomic mass is 32.1. The summed E-state index contributed by atoms with van der Waals surface area (Å²) in [6.07, 6.45) is 0. The van der Waals surface area contributed by atoms with E-state index in [-0.39, 0.29) is 0 Å². The van der Waals surface area contributed by atoms with Gasteiger partial charge in [0.15, 0.2) is 5.13 Å². The van der Waals surface area contributed by atoms with E-state index in [9.17, 15) is 0 Å². The van der Waals surface area contributed by atoms with Crippen molar-refractivity contribution in [2.75, 3.05) is 12.4 Å². The molecule has 22 heavy (non-hydrogen) atoms. The van der Waals surface area contributed by atoms with Crippen LogP contribution in [0.1, 0.15) is 5.82 Å². The Morgan fingerprint density at radius 2 is 2.00 bits per heavy atom. The van der Waals surface area contributed by atoms with Crippen LogP contribution in [0, 0.1) is 6.92 Å². The maximum Gasteiger partial charge on any atom is 0.188 e. The van der Waals surface area contributed by atoms with Crippen molar-refractivity contribution >= 4 is 43.4 Å². The maximum absolute atomic E-state index is 5.36. The smallest absolute Gasteiger partial charge is 0.188 e. The number of aryl methyl sites for hydroxylation is 1. The Hall–Kier alpha value is -2.60. The molecule has 0 unspecified atom stereocenters. The molecule has 0 aliphatic heterocycles. The number of methoxy groups -OCH3 is 1. The van der Waals surface area contributed by atoms with Crippen LogP contribution < -0.4 is 10.1 Å². The fourth-order valence-corrected chi connectivity index (χ4v) is 3.39. The van der Waals surface area contributed by atoms with Gasteiger partial charge >= 0.3 is 0 Å². The lowest BCUT2D eigenvalue weighted by Gasteiger charge is -2.07. The predicted molar refractivity (Wildman–Crippen MR) is 90.3 cm³/mol. The van der Waals surface area contributed by atoms with E-state index in [1.54, 1.807) is 18.4 Å². The van der Waals surface area contributed by atoms with Crippen molar-refractivity contribution in [1.29, 1.82) is 0 Å². The topological polar surface area (TPSA) is 62.8 Å². The van der Waals surface area contributed by atoms with E-state index in [4.69, 9.17) is 9.72 Å². The van der Waals surface area contributed by atoms with Crippen LogP contribution in [0.5, 0.6) is 5.75 Å². The lowest BCUT2D eigenvalue weighted by Crippen LogP contribution is -1.93. The number of fused-ring (bicyclic) bond motifs is 3. The fourth-order valence-electron chi connectivity index (χ4n) is 2.51. The van der Waals surface area contributed by atoms with Crippen molar-refractivity contribution in [3.05, 3.63) is 42.2 Å². The van der Waals surface area contributed by atoms with Gasteiger partial charge in [0.1, 0.15) is 17.1 Å². The zero-order chi connectivity index (χ0) is 15.1. The maximum atomic E-state index is 5.36. The molecule has 0 amide bonds. The molecular weight excluding hydrogens is 296 g/mol. The Balaban J connectivity index is 1.81. The van der Waals surface area contributed by atoms with Gasteiger partial charge in [-0.25, -0.2) is 9.97 Å². The molecule has 0 aliphatic carbocycles. The minimum Gasteiger partial charge on any atom is -0.495 e. The molecule has 2 N–H and O–H groups in total. The van der Waals surface area contributed by atoms with Crippen LogP contribution in [0.4, 0.5) is 10.8 Å². The molecule has 0 fully saturated rings. The summed E-state index contributed by atoms with van der Waals surface area (Å²) in [6.45, 7) is 1.95. The summed E-state index contributed by atoms with van der Waals surface area (Å²) in [7, 11) is 1.66. The fraction of sp³-hybridized carbons (Fsp3) is 0.125. The number of hydrogen-bond donors (Lipinski definition) is 2. The summed E-state index contributed by atoms with van der Waals surface area (Å²) in [5, 5.41) is 4.17. The summed E-state index contributed by atoms with van der Waals surface area (Å²) >= 11 is 1.61. The van der Waals surface area contributed by atoms with E-state index < -0.39 is 0 Å². The molecule has 0 atom stereocenters. The number of benzene rings is 2. The third-order valence-corrected chi connectivity index (χ3v) is 4.42. The number of thiazole rings is 1. The van der Waals surface area contributed by atoms with E-state index >= 15 is 0 Å². The minimum atomic E-state index is 0.796. The Bertz CT molecular complexity index is 973. The normalized spacial score (nSPS) is 11.2. The molecule has 5 nitrogen and oxygen atoms in total. The van der Waals surface area contributed by atoms with Gasteiger partial charge in [-0.2, -0.15) is 0 Å². The molecule has 4 aromatic rings. The lowest BCUT2D eigenvalue weighted by atomic mass is 10.3. The van der Waals surface area contributed by atoms with Crippen molar-refractivity contribution in [2.45, 2.75) is 6.92 Å². The van der Waals surface area contributed by atoms with Crippen LogP contribution in [0.3, 0.4) is 0 Å². The molecule has 0 saturated heterocycles. The zero-order valence-electron chi connectivity index (χ0n) is 12.2. The molecule has 2 aromatic heterocycles. The van der Waals surface area contributed by atoms with Crippen LogP contribution in [-0.2, 0) is 0 Å². The highest BCUT2D eigenvalue weighted by Gasteiger charge is 2.11. The van der Waals surface area contributed by atoms with E-state index in [2.05, 4.69) is 21.4 Å². The van der Waals surface area contributed by atoms with Gasteiger partial charge in [-0.05, 0) is 31.2 Å². The van der Waals surface area contributed by atoms with Crippen molar-refractivity contribution in [3.63, 3.8) is 0 Å². The molecule has 6 heteroatoms. The molecule has 2 aromatic carbocycles. The van der Waals surface area contributed by atoms with E-state index in [1.165, 1.54) is 0 Å². The molecule has 0 radical (unpaired) electrons. The molecule has 0 saturated carbocycles. The second kappa shape index (κ2) is 4.99. The number of rotatable bonds is 3. The number of imidazole rings is 1. The van der Waals surface area contributed by atoms with Crippen molar-refractivity contribution in [2.24, 2.45) is 0 Å². The summed E-state index contributed by atoms with van der Waals surface area (Å²) in [5.74, 6) is 1.69. The first-order valence-electron chi connectivity index (χ1n) is 6.90. The first-order valence-corrected chi connectivity index (χ1v) is 7.72. The summed E-state index contributed by atoms with van der Waals surface area (Å²) in [6, 6.07) is 11.9. The Labute approximate surface area is 131 Å². The van der Waals surface area contributed by atoms with Gasteiger partial charge in [-0.1, -0.05) is 23.5 Å². The molecular formula is C16H14N4OS. The highest BCUT2D eigenvalue weighted by molar-refractivity contribution is 7.22. The summed E-state index contributed by atoms with van der Waals surface area (Å²) in [5.41, 5.74) is 3.78. The third-order valence-electron chi connectivity index (χ3n) is 3.48. The third kappa shape index (κ3) is 2.08. The van der Waals surface area contributed by atoms with Crippen LogP contribution in [0.15, 0.2) is 36.4 Å². The molecule has 0 spiro atoms. The van der Waals surface area contributed by atoms with Gasteiger partial charge in [0, 0.05) is 0 Å². The van der Waals surface area contributed by atoms with Gasteiger partial charge in [-0.15, -0.1) is 0 Å². The van der Waals surface area contributed by atoms with Gasteiger partial charge in [0.2, 0.25) is 0 Å². The van der Waals surface area contributed by atoms with Crippen molar-refractivity contribution in [1.82, 2.24) is 15.0 Å². The first kappa shape index (κ1) is 13.1. The predicted octanol–water partition coefficient (Wildman–Crippen LogP) is 4.23. The van der Waals surface area contributed by atoms with Gasteiger partial charge in [0.25, 0.3) is 0 Å².